The van der Waals surface area contributed by atoms with Crippen LogP contribution in [-0.2, 0) is 12.8 Å². The minimum Gasteiger partial charge on any atom is -0.312 e. The van der Waals surface area contributed by atoms with E-state index in [9.17, 15) is 13.2 Å². The molecule has 2 nitrogen and oxygen atoms in total. The Bertz CT molecular complexity index is 387. The lowest BCUT2D eigenvalue weighted by Crippen LogP contribution is -2.21. The van der Waals surface area contributed by atoms with Gasteiger partial charge in [-0.25, -0.2) is 4.98 Å². The third kappa shape index (κ3) is 3.19. The largest absolute Gasteiger partial charge is 0.389 e. The molecule has 1 aliphatic carbocycles. The summed E-state index contributed by atoms with van der Waals surface area (Å²) < 4.78 is 36.4. The van der Waals surface area contributed by atoms with Gasteiger partial charge in [0.1, 0.15) is 0 Å². The van der Waals surface area contributed by atoms with Crippen LogP contribution in [0.3, 0.4) is 0 Å². The second kappa shape index (κ2) is 4.94. The maximum Gasteiger partial charge on any atom is 0.389 e. The van der Waals surface area contributed by atoms with Gasteiger partial charge < -0.3 is 5.32 Å². The molecule has 0 radical (unpaired) electrons. The molecule has 0 spiro atoms. The molecule has 0 saturated carbocycles. The quantitative estimate of drug-likeness (QED) is 0.906. The van der Waals surface area contributed by atoms with Crippen LogP contribution in [0, 0.1) is 0 Å². The van der Waals surface area contributed by atoms with Crippen LogP contribution in [-0.4, -0.2) is 18.2 Å². The summed E-state index contributed by atoms with van der Waals surface area (Å²) in [5, 5.41) is 3.79. The summed E-state index contributed by atoms with van der Waals surface area (Å²) in [5.74, 6) is 0. The fourth-order valence-electron chi connectivity index (χ4n) is 2.11. The van der Waals surface area contributed by atoms with Crippen molar-refractivity contribution in [3.8, 4) is 0 Å². The molecule has 0 aromatic carbocycles. The first kappa shape index (κ1) is 12.8. The van der Waals surface area contributed by atoms with E-state index in [-0.39, 0.29) is 12.5 Å². The highest BCUT2D eigenvalue weighted by molar-refractivity contribution is 7.11. The number of hydrogen-bond donors (Lipinski definition) is 1. The average molecular weight is 264 g/mol. The number of halogens is 3. The van der Waals surface area contributed by atoms with Crippen LogP contribution in [0.2, 0.25) is 0 Å². The van der Waals surface area contributed by atoms with E-state index >= 15 is 0 Å². The van der Waals surface area contributed by atoms with Crippen molar-refractivity contribution in [1.82, 2.24) is 10.3 Å². The van der Waals surface area contributed by atoms with Crippen molar-refractivity contribution < 1.29 is 13.2 Å². The lowest BCUT2D eigenvalue weighted by atomic mass is 9.98. The zero-order valence-corrected chi connectivity index (χ0v) is 10.4. The first-order chi connectivity index (χ1) is 7.99. The van der Waals surface area contributed by atoms with Crippen molar-refractivity contribution in [3.63, 3.8) is 0 Å². The van der Waals surface area contributed by atoms with E-state index in [0.717, 1.165) is 29.8 Å². The average Bonchev–Trinajstić information content (AvgIpc) is 2.67. The minimum atomic E-state index is -4.09. The van der Waals surface area contributed by atoms with Crippen LogP contribution in [0.4, 0.5) is 13.2 Å². The van der Waals surface area contributed by atoms with Gasteiger partial charge in [-0.3, -0.25) is 0 Å². The van der Waals surface area contributed by atoms with E-state index in [1.165, 1.54) is 11.3 Å². The molecule has 0 bridgehead atoms. The van der Waals surface area contributed by atoms with Crippen molar-refractivity contribution in [2.45, 2.75) is 44.3 Å². The van der Waals surface area contributed by atoms with Crippen molar-refractivity contribution in [3.05, 3.63) is 15.6 Å². The predicted molar refractivity (Wildman–Crippen MR) is 61.2 cm³/mol. The SMILES string of the molecule is CNC1CCCc2sc(CCC(F)(F)F)nc21. The summed E-state index contributed by atoms with van der Waals surface area (Å²) >= 11 is 1.44. The molecular formula is C11H15F3N2S. The van der Waals surface area contributed by atoms with Gasteiger partial charge in [-0.2, -0.15) is 13.2 Å². The standard InChI is InChI=1S/C11H15F3N2S/c1-15-7-3-2-4-8-10(7)16-9(17-8)5-6-11(12,13)14/h7,15H,2-6H2,1H3. The zero-order valence-electron chi connectivity index (χ0n) is 9.60. The Morgan fingerprint density at radius 2 is 2.24 bits per heavy atom. The molecule has 2 rings (SSSR count). The Morgan fingerprint density at radius 3 is 2.88 bits per heavy atom. The lowest BCUT2D eigenvalue weighted by molar-refractivity contribution is -0.134. The number of thiazole rings is 1. The summed E-state index contributed by atoms with van der Waals surface area (Å²) in [4.78, 5) is 5.52. The van der Waals surface area contributed by atoms with Crippen molar-refractivity contribution in [1.29, 1.82) is 0 Å². The van der Waals surface area contributed by atoms with Gasteiger partial charge in [0, 0.05) is 17.7 Å². The van der Waals surface area contributed by atoms with E-state index in [0.29, 0.717) is 5.01 Å². The van der Waals surface area contributed by atoms with Gasteiger partial charge in [-0.15, -0.1) is 11.3 Å². The van der Waals surface area contributed by atoms with Crippen LogP contribution in [0.15, 0.2) is 0 Å². The van der Waals surface area contributed by atoms with E-state index < -0.39 is 12.6 Å². The third-order valence-corrected chi connectivity index (χ3v) is 4.16. The Morgan fingerprint density at radius 1 is 1.47 bits per heavy atom. The van der Waals surface area contributed by atoms with E-state index in [1.54, 1.807) is 0 Å². The number of nitrogens with one attached hydrogen (secondary N) is 1. The summed E-state index contributed by atoms with van der Waals surface area (Å²) in [6.45, 7) is 0. The van der Waals surface area contributed by atoms with Gasteiger partial charge in [-0.1, -0.05) is 0 Å². The Hall–Kier alpha value is -0.620. The highest BCUT2D eigenvalue weighted by Crippen LogP contribution is 2.34. The number of nitrogens with zero attached hydrogens (tertiary/aromatic N) is 1. The smallest absolute Gasteiger partial charge is 0.312 e. The topological polar surface area (TPSA) is 24.9 Å². The first-order valence-corrected chi connectivity index (χ1v) is 6.54. The Kier molecular flexibility index (Phi) is 3.73. The van der Waals surface area contributed by atoms with Crippen LogP contribution in [0.5, 0.6) is 0 Å². The molecular weight excluding hydrogens is 249 g/mol. The van der Waals surface area contributed by atoms with E-state index in [2.05, 4.69) is 10.3 Å². The van der Waals surface area contributed by atoms with Crippen LogP contribution in [0.1, 0.15) is 40.9 Å². The van der Waals surface area contributed by atoms with Gasteiger partial charge in [0.25, 0.3) is 0 Å². The number of hydrogen-bond acceptors (Lipinski definition) is 3. The summed E-state index contributed by atoms with van der Waals surface area (Å²) in [6, 6.07) is 0.217. The third-order valence-electron chi connectivity index (χ3n) is 2.97. The fourth-order valence-corrected chi connectivity index (χ4v) is 3.28. The molecule has 0 saturated heterocycles. The van der Waals surface area contributed by atoms with Crippen LogP contribution < -0.4 is 5.32 Å². The van der Waals surface area contributed by atoms with Crippen molar-refractivity contribution >= 4 is 11.3 Å². The lowest BCUT2D eigenvalue weighted by Gasteiger charge is -2.19. The molecule has 1 heterocycles. The number of aryl methyl sites for hydroxylation is 2. The molecule has 1 atom stereocenters. The molecule has 0 aliphatic heterocycles. The number of alkyl halides is 3. The molecule has 0 amide bonds. The summed E-state index contributed by atoms with van der Waals surface area (Å²) in [7, 11) is 1.87. The van der Waals surface area contributed by atoms with Gasteiger partial charge in [0.15, 0.2) is 0 Å². The van der Waals surface area contributed by atoms with Gasteiger partial charge in [-0.05, 0) is 26.3 Å². The predicted octanol–water partition coefficient (Wildman–Crippen LogP) is 3.23. The zero-order chi connectivity index (χ0) is 12.5. The van der Waals surface area contributed by atoms with Crippen molar-refractivity contribution in [2.24, 2.45) is 0 Å². The number of rotatable bonds is 3. The second-order valence-electron chi connectivity index (χ2n) is 4.26. The maximum absolute atomic E-state index is 12.1. The second-order valence-corrected chi connectivity index (χ2v) is 5.43. The minimum absolute atomic E-state index is 0.0115. The molecule has 1 aromatic rings. The molecule has 1 aromatic heterocycles. The highest BCUT2D eigenvalue weighted by atomic mass is 32.1. The van der Waals surface area contributed by atoms with Crippen LogP contribution in [0.25, 0.3) is 0 Å². The van der Waals surface area contributed by atoms with E-state index in [1.807, 2.05) is 7.05 Å². The Labute approximate surface area is 102 Å². The molecule has 1 aliphatic rings. The molecule has 0 fully saturated rings. The normalized spacial score (nSPS) is 20.4. The molecule has 6 heteroatoms. The van der Waals surface area contributed by atoms with Crippen molar-refractivity contribution in [2.75, 3.05) is 7.05 Å². The Balaban J connectivity index is 2.08. The first-order valence-electron chi connectivity index (χ1n) is 5.72. The summed E-state index contributed by atoms with van der Waals surface area (Å²) in [5.41, 5.74) is 0.973. The van der Waals surface area contributed by atoms with Gasteiger partial charge in [0.2, 0.25) is 0 Å². The molecule has 96 valence electrons. The molecule has 1 unspecified atom stereocenters. The van der Waals surface area contributed by atoms with Gasteiger partial charge >= 0.3 is 6.18 Å². The maximum atomic E-state index is 12.1. The summed E-state index contributed by atoms with van der Waals surface area (Å²) in [6.07, 6.45) is -1.79. The van der Waals surface area contributed by atoms with Crippen LogP contribution >= 0.6 is 11.3 Å². The monoisotopic (exact) mass is 264 g/mol. The highest BCUT2D eigenvalue weighted by Gasteiger charge is 2.29. The molecule has 17 heavy (non-hydrogen) atoms. The van der Waals surface area contributed by atoms with Gasteiger partial charge in [0.05, 0.1) is 16.7 Å². The number of aromatic nitrogens is 1. The fraction of sp³-hybridized carbons (Fsp3) is 0.727. The molecule has 1 N–H and O–H groups in total. The van der Waals surface area contributed by atoms with E-state index in [4.69, 9.17) is 0 Å². The number of fused-ring (bicyclic) bond motifs is 1.